The maximum absolute atomic E-state index is 12.2. The molecule has 0 bridgehead atoms. The molecule has 2 aliphatic rings. The van der Waals surface area contributed by atoms with Gasteiger partial charge in [-0.25, -0.2) is 0 Å². The second kappa shape index (κ2) is 6.14. The summed E-state index contributed by atoms with van der Waals surface area (Å²) in [5.41, 5.74) is 2.29. The molecule has 20 heavy (non-hydrogen) atoms. The average Bonchev–Trinajstić information content (AvgIpc) is 2.93. The molecule has 0 radical (unpaired) electrons. The first-order valence-corrected chi connectivity index (χ1v) is 7.96. The highest BCUT2D eigenvalue weighted by molar-refractivity contribution is 9.10. The first-order valence-electron chi connectivity index (χ1n) is 7.16. The molecule has 1 fully saturated rings. The molecule has 0 aliphatic carbocycles. The highest BCUT2D eigenvalue weighted by Gasteiger charge is 2.22. The number of hydrogen-bond acceptors (Lipinski definition) is 3. The fourth-order valence-corrected chi connectivity index (χ4v) is 3.44. The van der Waals surface area contributed by atoms with Crippen molar-refractivity contribution >= 4 is 21.8 Å². The van der Waals surface area contributed by atoms with Crippen LogP contribution in [0.1, 0.15) is 24.0 Å². The topological polar surface area (TPSA) is 50.4 Å². The molecule has 0 unspecified atom stereocenters. The maximum atomic E-state index is 12.2. The molecular formula is C15H19BrN2O2. The van der Waals surface area contributed by atoms with Crippen molar-refractivity contribution in [3.8, 4) is 5.75 Å². The minimum absolute atomic E-state index is 0.150. The van der Waals surface area contributed by atoms with Gasteiger partial charge in [-0.15, -0.1) is 0 Å². The highest BCUT2D eigenvalue weighted by atomic mass is 79.9. The van der Waals surface area contributed by atoms with Crippen molar-refractivity contribution < 1.29 is 9.53 Å². The first-order chi connectivity index (χ1) is 9.74. The zero-order valence-corrected chi connectivity index (χ0v) is 13.0. The maximum Gasteiger partial charge on any atom is 0.223 e. The quantitative estimate of drug-likeness (QED) is 0.886. The lowest BCUT2D eigenvalue weighted by atomic mass is 9.97. The van der Waals surface area contributed by atoms with E-state index in [0.717, 1.165) is 54.7 Å². The lowest BCUT2D eigenvalue weighted by Gasteiger charge is -2.22. The first kappa shape index (κ1) is 13.9. The van der Waals surface area contributed by atoms with E-state index in [1.54, 1.807) is 0 Å². The summed E-state index contributed by atoms with van der Waals surface area (Å²) in [5, 5.41) is 6.34. The molecule has 0 aromatic heterocycles. The largest absolute Gasteiger partial charge is 0.493 e. The Labute approximate surface area is 127 Å². The third-order valence-electron chi connectivity index (χ3n) is 3.99. The van der Waals surface area contributed by atoms with Crippen LogP contribution in [0.15, 0.2) is 16.6 Å². The number of benzene rings is 1. The molecule has 1 saturated heterocycles. The van der Waals surface area contributed by atoms with Gasteiger partial charge in [-0.2, -0.15) is 0 Å². The molecule has 3 rings (SSSR count). The average molecular weight is 339 g/mol. The molecule has 1 aromatic rings. The van der Waals surface area contributed by atoms with E-state index < -0.39 is 0 Å². The summed E-state index contributed by atoms with van der Waals surface area (Å²) in [6.45, 7) is 3.16. The molecular weight excluding hydrogens is 320 g/mol. The van der Waals surface area contributed by atoms with Crippen LogP contribution in [0.2, 0.25) is 0 Å². The van der Waals surface area contributed by atoms with Crippen molar-refractivity contribution in [3.63, 3.8) is 0 Å². The van der Waals surface area contributed by atoms with Crippen molar-refractivity contribution in [1.82, 2.24) is 10.6 Å². The molecule has 0 atom stereocenters. The fourth-order valence-electron chi connectivity index (χ4n) is 2.89. The molecule has 1 amide bonds. The standard InChI is InChI=1S/C15H19BrN2O2/c16-13-7-11-3-6-20-14(11)12(8-13)9-18-15(19)10-1-4-17-5-2-10/h7-8,10,17H,1-6,9H2,(H,18,19). The lowest BCUT2D eigenvalue weighted by Crippen LogP contribution is -2.37. The summed E-state index contributed by atoms with van der Waals surface area (Å²) in [6, 6.07) is 4.13. The number of nitrogens with one attached hydrogen (secondary N) is 2. The number of ether oxygens (including phenoxy) is 1. The SMILES string of the molecule is O=C(NCc1cc(Br)cc2c1OCC2)C1CCNCC1. The third kappa shape index (κ3) is 2.99. The fraction of sp³-hybridized carbons (Fsp3) is 0.533. The van der Waals surface area contributed by atoms with E-state index in [4.69, 9.17) is 4.74 Å². The lowest BCUT2D eigenvalue weighted by molar-refractivity contribution is -0.125. The van der Waals surface area contributed by atoms with Crippen molar-refractivity contribution in [2.75, 3.05) is 19.7 Å². The van der Waals surface area contributed by atoms with Crippen molar-refractivity contribution in [2.45, 2.75) is 25.8 Å². The van der Waals surface area contributed by atoms with Gasteiger partial charge in [0.1, 0.15) is 5.75 Å². The smallest absolute Gasteiger partial charge is 0.223 e. The Kier molecular flexibility index (Phi) is 4.27. The van der Waals surface area contributed by atoms with Crippen LogP contribution in [-0.4, -0.2) is 25.6 Å². The molecule has 2 heterocycles. The Morgan fingerprint density at radius 3 is 3.00 bits per heavy atom. The number of halogens is 1. The van der Waals surface area contributed by atoms with Gasteiger partial charge in [0.2, 0.25) is 5.91 Å². The monoisotopic (exact) mass is 338 g/mol. The molecule has 0 spiro atoms. The van der Waals surface area contributed by atoms with Crippen molar-refractivity contribution in [2.24, 2.45) is 5.92 Å². The van der Waals surface area contributed by atoms with Crippen LogP contribution in [0.3, 0.4) is 0 Å². The van der Waals surface area contributed by atoms with E-state index >= 15 is 0 Å². The summed E-state index contributed by atoms with van der Waals surface area (Å²) < 4.78 is 6.73. The number of amides is 1. The molecule has 0 saturated carbocycles. The van der Waals surface area contributed by atoms with Gasteiger partial charge in [0.25, 0.3) is 0 Å². The Morgan fingerprint density at radius 2 is 2.20 bits per heavy atom. The molecule has 1 aromatic carbocycles. The number of carbonyl (C=O) groups excluding carboxylic acids is 1. The third-order valence-corrected chi connectivity index (χ3v) is 4.45. The number of hydrogen-bond donors (Lipinski definition) is 2. The van der Waals surface area contributed by atoms with E-state index in [1.807, 2.05) is 6.07 Å². The number of fused-ring (bicyclic) bond motifs is 1. The number of rotatable bonds is 3. The highest BCUT2D eigenvalue weighted by Crippen LogP contribution is 2.32. The second-order valence-corrected chi connectivity index (χ2v) is 6.31. The van der Waals surface area contributed by atoms with E-state index in [0.29, 0.717) is 6.54 Å². The summed E-state index contributed by atoms with van der Waals surface area (Å²) in [6.07, 6.45) is 2.81. The summed E-state index contributed by atoms with van der Waals surface area (Å²) in [4.78, 5) is 12.2. The van der Waals surface area contributed by atoms with E-state index in [2.05, 4.69) is 32.6 Å². The summed E-state index contributed by atoms with van der Waals surface area (Å²) in [7, 11) is 0. The Balaban J connectivity index is 1.65. The number of carbonyl (C=O) groups is 1. The van der Waals surface area contributed by atoms with Crippen LogP contribution in [0.4, 0.5) is 0 Å². The zero-order valence-electron chi connectivity index (χ0n) is 11.4. The minimum atomic E-state index is 0.150. The van der Waals surface area contributed by atoms with Gasteiger partial charge >= 0.3 is 0 Å². The Hall–Kier alpha value is -1.07. The molecule has 2 N–H and O–H groups in total. The van der Waals surface area contributed by atoms with Crippen molar-refractivity contribution in [1.29, 1.82) is 0 Å². The van der Waals surface area contributed by atoms with Crippen LogP contribution < -0.4 is 15.4 Å². The summed E-state index contributed by atoms with van der Waals surface area (Å²) in [5.74, 6) is 1.27. The molecule has 4 nitrogen and oxygen atoms in total. The minimum Gasteiger partial charge on any atom is -0.493 e. The molecule has 108 valence electrons. The van der Waals surface area contributed by atoms with Gasteiger partial charge in [0.05, 0.1) is 6.61 Å². The van der Waals surface area contributed by atoms with Crippen LogP contribution in [0, 0.1) is 5.92 Å². The predicted molar refractivity (Wildman–Crippen MR) is 80.8 cm³/mol. The van der Waals surface area contributed by atoms with Crippen LogP contribution >= 0.6 is 15.9 Å². The summed E-state index contributed by atoms with van der Waals surface area (Å²) >= 11 is 3.52. The zero-order chi connectivity index (χ0) is 13.9. The normalized spacial score (nSPS) is 18.4. The van der Waals surface area contributed by atoms with E-state index in [-0.39, 0.29) is 11.8 Å². The van der Waals surface area contributed by atoms with Gasteiger partial charge in [0, 0.05) is 28.9 Å². The van der Waals surface area contributed by atoms with Gasteiger partial charge in [0.15, 0.2) is 0 Å². The van der Waals surface area contributed by atoms with E-state index in [1.165, 1.54) is 5.56 Å². The van der Waals surface area contributed by atoms with Gasteiger partial charge < -0.3 is 15.4 Å². The Morgan fingerprint density at radius 1 is 1.40 bits per heavy atom. The van der Waals surface area contributed by atoms with Gasteiger partial charge in [-0.05, 0) is 43.6 Å². The Bertz CT molecular complexity index is 513. The van der Waals surface area contributed by atoms with Crippen molar-refractivity contribution in [3.05, 3.63) is 27.7 Å². The van der Waals surface area contributed by atoms with Gasteiger partial charge in [-0.3, -0.25) is 4.79 Å². The van der Waals surface area contributed by atoms with Crippen LogP contribution in [0.5, 0.6) is 5.75 Å². The molecule has 5 heteroatoms. The van der Waals surface area contributed by atoms with Gasteiger partial charge in [-0.1, -0.05) is 15.9 Å². The van der Waals surface area contributed by atoms with E-state index in [9.17, 15) is 4.79 Å². The van der Waals surface area contributed by atoms with Crippen LogP contribution in [-0.2, 0) is 17.8 Å². The predicted octanol–water partition coefficient (Wildman–Crippen LogP) is 2.00. The second-order valence-electron chi connectivity index (χ2n) is 5.39. The number of piperidine rings is 1. The van der Waals surface area contributed by atoms with Crippen LogP contribution in [0.25, 0.3) is 0 Å². The molecule has 2 aliphatic heterocycles.